The van der Waals surface area contributed by atoms with Gasteiger partial charge in [-0.3, -0.25) is 9.88 Å². The first-order valence-electron chi connectivity index (χ1n) is 8.68. The van der Waals surface area contributed by atoms with Gasteiger partial charge in [-0.15, -0.1) is 0 Å². The van der Waals surface area contributed by atoms with Crippen molar-refractivity contribution in [2.75, 3.05) is 31.1 Å². The summed E-state index contributed by atoms with van der Waals surface area (Å²) >= 11 is 6.07. The van der Waals surface area contributed by atoms with Crippen molar-refractivity contribution >= 4 is 17.4 Å². The van der Waals surface area contributed by atoms with Gasteiger partial charge in [0, 0.05) is 55.2 Å². The predicted octanol–water partition coefficient (Wildman–Crippen LogP) is 3.67. The van der Waals surface area contributed by atoms with Crippen molar-refractivity contribution in [1.82, 2.24) is 20.0 Å². The molecule has 4 rings (SSSR count). The van der Waals surface area contributed by atoms with E-state index in [1.165, 1.54) is 0 Å². The predicted molar refractivity (Wildman–Crippen MR) is 101 cm³/mol. The molecule has 0 bridgehead atoms. The Morgan fingerprint density at radius 3 is 2.69 bits per heavy atom. The smallest absolute Gasteiger partial charge is 0.167 e. The standard InChI is InChI=1S/C19H20ClN5O/c1-14(17-12-18(26-23-17)15-3-2-4-16(20)11-15)24-7-9-25(10-8-24)19-13-21-5-6-22-19/h2-6,11-14H,7-10H2,1H3. The first-order valence-corrected chi connectivity index (χ1v) is 9.06. The van der Waals surface area contributed by atoms with Crippen LogP contribution in [-0.2, 0) is 0 Å². The number of rotatable bonds is 4. The summed E-state index contributed by atoms with van der Waals surface area (Å²) in [5.74, 6) is 1.68. The summed E-state index contributed by atoms with van der Waals surface area (Å²) in [5, 5.41) is 4.97. The third kappa shape index (κ3) is 3.57. The van der Waals surface area contributed by atoms with Gasteiger partial charge < -0.3 is 9.42 Å². The number of hydrogen-bond donors (Lipinski definition) is 0. The van der Waals surface area contributed by atoms with E-state index in [-0.39, 0.29) is 6.04 Å². The molecular weight excluding hydrogens is 350 g/mol. The number of aromatic nitrogens is 3. The fourth-order valence-electron chi connectivity index (χ4n) is 3.24. The summed E-state index contributed by atoms with van der Waals surface area (Å²) in [6.45, 7) is 5.88. The second kappa shape index (κ2) is 7.43. The van der Waals surface area contributed by atoms with Gasteiger partial charge in [0.25, 0.3) is 0 Å². The van der Waals surface area contributed by atoms with Crippen molar-refractivity contribution in [3.05, 3.63) is 59.6 Å². The highest BCUT2D eigenvalue weighted by Gasteiger charge is 2.25. The maximum Gasteiger partial charge on any atom is 0.167 e. The average molecular weight is 370 g/mol. The monoisotopic (exact) mass is 369 g/mol. The first kappa shape index (κ1) is 17.0. The van der Waals surface area contributed by atoms with Crippen molar-refractivity contribution in [1.29, 1.82) is 0 Å². The molecule has 1 aliphatic rings. The molecule has 1 saturated heterocycles. The molecule has 3 aromatic rings. The zero-order valence-electron chi connectivity index (χ0n) is 14.5. The van der Waals surface area contributed by atoms with Crippen molar-refractivity contribution in [3.8, 4) is 11.3 Å². The van der Waals surface area contributed by atoms with Crippen LogP contribution in [-0.4, -0.2) is 46.2 Å². The van der Waals surface area contributed by atoms with E-state index in [1.54, 1.807) is 12.4 Å². The number of nitrogens with zero attached hydrogens (tertiary/aromatic N) is 5. The van der Waals surface area contributed by atoms with Crippen molar-refractivity contribution in [2.45, 2.75) is 13.0 Å². The Kier molecular flexibility index (Phi) is 4.86. The molecule has 1 unspecified atom stereocenters. The van der Waals surface area contributed by atoms with Crippen LogP contribution in [0.4, 0.5) is 5.82 Å². The van der Waals surface area contributed by atoms with Crippen LogP contribution in [0.1, 0.15) is 18.7 Å². The van der Waals surface area contributed by atoms with Crippen LogP contribution in [0.5, 0.6) is 0 Å². The zero-order valence-corrected chi connectivity index (χ0v) is 15.3. The number of halogens is 1. The maximum atomic E-state index is 6.07. The van der Waals surface area contributed by atoms with Crippen LogP contribution in [0.2, 0.25) is 5.02 Å². The lowest BCUT2D eigenvalue weighted by atomic mass is 10.1. The van der Waals surface area contributed by atoms with E-state index in [9.17, 15) is 0 Å². The van der Waals surface area contributed by atoms with Crippen LogP contribution in [0.3, 0.4) is 0 Å². The lowest BCUT2D eigenvalue weighted by Gasteiger charge is -2.37. The van der Waals surface area contributed by atoms with Crippen LogP contribution in [0, 0.1) is 0 Å². The average Bonchev–Trinajstić information content (AvgIpc) is 3.18. The molecule has 134 valence electrons. The lowest BCUT2D eigenvalue weighted by Crippen LogP contribution is -2.47. The molecule has 0 radical (unpaired) electrons. The topological polar surface area (TPSA) is 58.3 Å². The molecule has 7 heteroatoms. The molecule has 3 heterocycles. The van der Waals surface area contributed by atoms with Crippen LogP contribution in [0.25, 0.3) is 11.3 Å². The largest absolute Gasteiger partial charge is 0.356 e. The van der Waals surface area contributed by atoms with E-state index < -0.39 is 0 Å². The Morgan fingerprint density at radius 1 is 1.12 bits per heavy atom. The molecule has 0 aliphatic carbocycles. The van der Waals surface area contributed by atoms with Gasteiger partial charge in [-0.2, -0.15) is 0 Å². The molecular formula is C19H20ClN5O. The van der Waals surface area contributed by atoms with E-state index in [1.807, 2.05) is 36.5 Å². The molecule has 2 aromatic heterocycles. The Labute approximate surface area is 157 Å². The highest BCUT2D eigenvalue weighted by molar-refractivity contribution is 6.30. The van der Waals surface area contributed by atoms with Crippen LogP contribution >= 0.6 is 11.6 Å². The maximum absolute atomic E-state index is 6.07. The second-order valence-corrected chi connectivity index (χ2v) is 6.83. The molecule has 0 N–H and O–H groups in total. The van der Waals surface area contributed by atoms with Gasteiger partial charge in [-0.1, -0.05) is 28.9 Å². The fraction of sp³-hybridized carbons (Fsp3) is 0.316. The Bertz CT molecular complexity index is 861. The molecule has 0 amide bonds. The summed E-state index contributed by atoms with van der Waals surface area (Å²) in [5.41, 5.74) is 1.88. The Balaban J connectivity index is 1.42. The molecule has 6 nitrogen and oxygen atoms in total. The summed E-state index contributed by atoms with van der Waals surface area (Å²) in [6.07, 6.45) is 5.25. The summed E-state index contributed by atoms with van der Waals surface area (Å²) in [4.78, 5) is 13.2. The minimum Gasteiger partial charge on any atom is -0.356 e. The SMILES string of the molecule is CC(c1cc(-c2cccc(Cl)c2)on1)N1CCN(c2cnccn2)CC1. The van der Waals surface area contributed by atoms with Gasteiger partial charge in [0.15, 0.2) is 5.76 Å². The molecule has 1 fully saturated rings. The Hall–Kier alpha value is -2.44. The number of benzene rings is 1. The van der Waals surface area contributed by atoms with Crippen molar-refractivity contribution in [3.63, 3.8) is 0 Å². The van der Waals surface area contributed by atoms with Crippen LogP contribution < -0.4 is 4.90 Å². The Morgan fingerprint density at radius 2 is 1.96 bits per heavy atom. The molecule has 0 spiro atoms. The normalized spacial score (nSPS) is 16.6. The lowest BCUT2D eigenvalue weighted by molar-refractivity contribution is 0.190. The van der Waals surface area contributed by atoms with Gasteiger partial charge >= 0.3 is 0 Å². The summed E-state index contributed by atoms with van der Waals surface area (Å²) < 4.78 is 5.54. The number of hydrogen-bond acceptors (Lipinski definition) is 6. The van der Waals surface area contributed by atoms with Crippen molar-refractivity contribution in [2.24, 2.45) is 0 Å². The van der Waals surface area contributed by atoms with Gasteiger partial charge in [-0.05, 0) is 19.1 Å². The minimum absolute atomic E-state index is 0.190. The third-order valence-electron chi connectivity index (χ3n) is 4.80. The molecule has 1 aliphatic heterocycles. The molecule has 0 saturated carbocycles. The van der Waals surface area contributed by atoms with Crippen molar-refractivity contribution < 1.29 is 4.52 Å². The highest BCUT2D eigenvalue weighted by atomic mass is 35.5. The fourth-order valence-corrected chi connectivity index (χ4v) is 3.43. The first-order chi connectivity index (χ1) is 12.7. The van der Waals surface area contributed by atoms with E-state index in [0.717, 1.165) is 49.0 Å². The van der Waals surface area contributed by atoms with Gasteiger partial charge in [0.1, 0.15) is 11.5 Å². The molecule has 1 aromatic carbocycles. The minimum atomic E-state index is 0.190. The van der Waals surface area contributed by atoms with Gasteiger partial charge in [0.05, 0.1) is 12.2 Å². The number of piperazine rings is 1. The van der Waals surface area contributed by atoms with E-state index in [0.29, 0.717) is 5.02 Å². The number of anilines is 1. The van der Waals surface area contributed by atoms with E-state index in [4.69, 9.17) is 16.1 Å². The molecule has 1 atom stereocenters. The van der Waals surface area contributed by atoms with Gasteiger partial charge in [-0.25, -0.2) is 4.98 Å². The van der Waals surface area contributed by atoms with Gasteiger partial charge in [0.2, 0.25) is 0 Å². The van der Waals surface area contributed by atoms with E-state index >= 15 is 0 Å². The highest BCUT2D eigenvalue weighted by Crippen LogP contribution is 2.28. The molecule has 26 heavy (non-hydrogen) atoms. The third-order valence-corrected chi connectivity index (χ3v) is 5.04. The quantitative estimate of drug-likeness (QED) is 0.699. The second-order valence-electron chi connectivity index (χ2n) is 6.39. The van der Waals surface area contributed by atoms with Crippen LogP contribution in [0.15, 0.2) is 53.4 Å². The summed E-state index contributed by atoms with van der Waals surface area (Å²) in [7, 11) is 0. The zero-order chi connectivity index (χ0) is 17.9. The van der Waals surface area contributed by atoms with E-state index in [2.05, 4.69) is 31.8 Å². The summed E-state index contributed by atoms with van der Waals surface area (Å²) in [6, 6.07) is 9.81.